The number of hydrogen-bond acceptors (Lipinski definition) is 3. The number of ether oxygens (including phenoxy) is 1. The highest BCUT2D eigenvalue weighted by Crippen LogP contribution is 1.99. The maximum atomic E-state index is 8.55. The number of hydrogen-bond donors (Lipinski definition) is 1. The molecule has 3 nitrogen and oxygen atoms in total. The molecule has 62 valence electrons. The Balaban J connectivity index is 3.17. The highest BCUT2D eigenvalue weighted by molar-refractivity contribution is 7.09. The summed E-state index contributed by atoms with van der Waals surface area (Å²) >= 11 is 0. The molecule has 4 heteroatoms. The predicted octanol–water partition coefficient (Wildman–Crippen LogP) is 0.579. The van der Waals surface area contributed by atoms with Gasteiger partial charge in [0.05, 0.1) is 25.4 Å². The molecule has 0 spiro atoms. The minimum absolute atomic E-state index is 0.0591. The monoisotopic (exact) mass is 166 g/mol. The van der Waals surface area contributed by atoms with Crippen LogP contribution in [-0.4, -0.2) is 30.5 Å². The Morgan fingerprint density at radius 2 is 2.00 bits per heavy atom. The van der Waals surface area contributed by atoms with E-state index in [1.807, 2.05) is 13.8 Å². The van der Waals surface area contributed by atoms with Crippen LogP contribution in [0.1, 0.15) is 13.8 Å². The van der Waals surface area contributed by atoms with Gasteiger partial charge in [0, 0.05) is 9.47 Å². The minimum atomic E-state index is -0.0948. The van der Waals surface area contributed by atoms with Gasteiger partial charge in [-0.3, -0.25) is 0 Å². The van der Waals surface area contributed by atoms with Gasteiger partial charge in [-0.2, -0.15) is 0 Å². The number of rotatable bonds is 5. The summed E-state index contributed by atoms with van der Waals surface area (Å²) in [7, 11) is 2.17. The van der Waals surface area contributed by atoms with E-state index < -0.39 is 0 Å². The first-order chi connectivity index (χ1) is 4.70. The maximum Gasteiger partial charge on any atom is 0.0816 e. The molecule has 3 atom stereocenters. The van der Waals surface area contributed by atoms with Gasteiger partial charge in [-0.25, -0.2) is 0 Å². The summed E-state index contributed by atoms with van der Waals surface area (Å²) in [6, 6.07) is 0. The lowest BCUT2D eigenvalue weighted by Gasteiger charge is -2.13. The summed E-state index contributed by atoms with van der Waals surface area (Å²) in [5.41, 5.74) is 0. The van der Waals surface area contributed by atoms with Crippen molar-refractivity contribution in [3.63, 3.8) is 0 Å². The summed E-state index contributed by atoms with van der Waals surface area (Å²) in [6.07, 6.45) is -0.0263. The Kier molecular flexibility index (Phi) is 6.24. The molecule has 0 aliphatic heterocycles. The molecule has 0 bridgehead atoms. The predicted molar refractivity (Wildman–Crippen MR) is 42.8 cm³/mol. The SMILES string of the molecule is CC(COC(C)CO)OP. The highest BCUT2D eigenvalue weighted by Gasteiger charge is 2.03. The quantitative estimate of drug-likeness (QED) is 0.607. The Hall–Kier alpha value is 0.310. The van der Waals surface area contributed by atoms with Crippen molar-refractivity contribution in [1.82, 2.24) is 0 Å². The maximum absolute atomic E-state index is 8.55. The minimum Gasteiger partial charge on any atom is -0.394 e. The van der Waals surface area contributed by atoms with Gasteiger partial charge >= 0.3 is 0 Å². The second kappa shape index (κ2) is 6.05. The number of aliphatic hydroxyl groups is 1. The molecule has 10 heavy (non-hydrogen) atoms. The van der Waals surface area contributed by atoms with Crippen LogP contribution in [0.4, 0.5) is 0 Å². The van der Waals surface area contributed by atoms with Gasteiger partial charge in [0.15, 0.2) is 0 Å². The Labute approximate surface area is 64.0 Å². The van der Waals surface area contributed by atoms with Crippen molar-refractivity contribution in [2.24, 2.45) is 0 Å². The first kappa shape index (κ1) is 10.3. The molecule has 0 fully saturated rings. The molecular formula is C6H15O3P. The summed E-state index contributed by atoms with van der Waals surface area (Å²) < 4.78 is 10.0. The molecule has 0 radical (unpaired) electrons. The summed E-state index contributed by atoms with van der Waals surface area (Å²) in [6.45, 7) is 4.29. The molecule has 0 aromatic heterocycles. The Morgan fingerprint density at radius 3 is 2.40 bits per heavy atom. The zero-order valence-corrected chi connectivity index (χ0v) is 7.56. The molecule has 0 saturated carbocycles. The molecule has 0 heterocycles. The van der Waals surface area contributed by atoms with Gasteiger partial charge < -0.3 is 14.4 Å². The van der Waals surface area contributed by atoms with E-state index in [4.69, 9.17) is 14.4 Å². The molecule has 0 amide bonds. The zero-order valence-electron chi connectivity index (χ0n) is 6.41. The fraction of sp³-hybridized carbons (Fsp3) is 1.00. The second-order valence-corrected chi connectivity index (χ2v) is 2.55. The first-order valence-electron chi connectivity index (χ1n) is 3.28. The molecular weight excluding hydrogens is 151 g/mol. The van der Waals surface area contributed by atoms with Crippen LogP contribution >= 0.6 is 9.47 Å². The van der Waals surface area contributed by atoms with E-state index in [2.05, 4.69) is 9.47 Å². The third-order valence-corrected chi connectivity index (χ3v) is 1.57. The van der Waals surface area contributed by atoms with E-state index in [-0.39, 0.29) is 18.8 Å². The van der Waals surface area contributed by atoms with Crippen molar-refractivity contribution in [3.8, 4) is 0 Å². The standard InChI is InChI=1S/C6H15O3P/c1-5(3-7)8-4-6(2)9-10/h5-7H,3-4,10H2,1-2H3. The van der Waals surface area contributed by atoms with E-state index in [0.29, 0.717) is 6.61 Å². The highest BCUT2D eigenvalue weighted by atomic mass is 31.0. The summed E-state index contributed by atoms with van der Waals surface area (Å²) in [4.78, 5) is 0. The fourth-order valence-corrected chi connectivity index (χ4v) is 0.470. The fourth-order valence-electron chi connectivity index (χ4n) is 0.392. The van der Waals surface area contributed by atoms with Crippen LogP contribution in [0.2, 0.25) is 0 Å². The number of aliphatic hydroxyl groups excluding tert-OH is 1. The van der Waals surface area contributed by atoms with E-state index in [0.717, 1.165) is 0 Å². The van der Waals surface area contributed by atoms with Crippen LogP contribution < -0.4 is 0 Å². The normalized spacial score (nSPS) is 16.8. The Bertz CT molecular complexity index is 69.4. The zero-order chi connectivity index (χ0) is 7.98. The van der Waals surface area contributed by atoms with Gasteiger partial charge in [-0.1, -0.05) is 0 Å². The van der Waals surface area contributed by atoms with Crippen LogP contribution in [0.3, 0.4) is 0 Å². The molecule has 0 aromatic carbocycles. The van der Waals surface area contributed by atoms with Crippen molar-refractivity contribution in [1.29, 1.82) is 0 Å². The van der Waals surface area contributed by atoms with Gasteiger partial charge in [-0.05, 0) is 13.8 Å². The van der Waals surface area contributed by atoms with Gasteiger partial charge in [-0.15, -0.1) is 0 Å². The molecule has 0 saturated heterocycles. The van der Waals surface area contributed by atoms with Crippen LogP contribution in [0.15, 0.2) is 0 Å². The molecule has 0 rings (SSSR count). The molecule has 0 aromatic rings. The van der Waals surface area contributed by atoms with Crippen molar-refractivity contribution >= 4 is 9.47 Å². The second-order valence-electron chi connectivity index (χ2n) is 2.27. The summed E-state index contributed by atoms with van der Waals surface area (Å²) in [5, 5.41) is 8.55. The van der Waals surface area contributed by atoms with Gasteiger partial charge in [0.1, 0.15) is 0 Å². The van der Waals surface area contributed by atoms with Crippen LogP contribution in [0, 0.1) is 0 Å². The topological polar surface area (TPSA) is 38.7 Å². The largest absolute Gasteiger partial charge is 0.394 e. The summed E-state index contributed by atoms with van der Waals surface area (Å²) in [5.74, 6) is 0. The van der Waals surface area contributed by atoms with Crippen molar-refractivity contribution in [2.75, 3.05) is 13.2 Å². The lowest BCUT2D eigenvalue weighted by Crippen LogP contribution is -2.20. The van der Waals surface area contributed by atoms with Crippen molar-refractivity contribution in [2.45, 2.75) is 26.1 Å². The third-order valence-electron chi connectivity index (χ3n) is 1.10. The van der Waals surface area contributed by atoms with Gasteiger partial charge in [0.2, 0.25) is 0 Å². The van der Waals surface area contributed by atoms with Crippen molar-refractivity contribution in [3.05, 3.63) is 0 Å². The lowest BCUT2D eigenvalue weighted by molar-refractivity contribution is -0.00707. The smallest absolute Gasteiger partial charge is 0.0816 e. The lowest BCUT2D eigenvalue weighted by atomic mass is 10.4. The van der Waals surface area contributed by atoms with Crippen molar-refractivity contribution < 1.29 is 14.4 Å². The van der Waals surface area contributed by atoms with E-state index in [9.17, 15) is 0 Å². The van der Waals surface area contributed by atoms with Gasteiger partial charge in [0.25, 0.3) is 0 Å². The molecule has 3 unspecified atom stereocenters. The van der Waals surface area contributed by atoms with Crippen LogP contribution in [-0.2, 0) is 9.26 Å². The van der Waals surface area contributed by atoms with Crippen LogP contribution in [0.25, 0.3) is 0 Å². The van der Waals surface area contributed by atoms with E-state index in [1.165, 1.54) is 0 Å². The Morgan fingerprint density at radius 1 is 1.40 bits per heavy atom. The molecule has 0 aliphatic carbocycles. The first-order valence-corrected chi connectivity index (χ1v) is 3.75. The van der Waals surface area contributed by atoms with E-state index in [1.54, 1.807) is 0 Å². The molecule has 1 N–H and O–H groups in total. The van der Waals surface area contributed by atoms with E-state index >= 15 is 0 Å². The average Bonchev–Trinajstić information content (AvgIpc) is 1.99. The third kappa shape index (κ3) is 5.12. The van der Waals surface area contributed by atoms with Crippen LogP contribution in [0.5, 0.6) is 0 Å². The molecule has 0 aliphatic rings. The average molecular weight is 166 g/mol.